The molecule has 90 valence electrons. The van der Waals surface area contributed by atoms with E-state index in [0.717, 1.165) is 38.0 Å². The minimum Gasteiger partial charge on any atom is -0.0830 e. The molecule has 3 aromatic carbocycles. The molecular formula is C16H12Cl2. The first kappa shape index (κ1) is 11.8. The molecule has 0 saturated carbocycles. The van der Waals surface area contributed by atoms with Crippen molar-refractivity contribution in [2.75, 3.05) is 0 Å². The summed E-state index contributed by atoms with van der Waals surface area (Å²) in [7, 11) is 0. The molecule has 0 N–H and O–H groups in total. The normalized spacial score (nSPS) is 11.3. The van der Waals surface area contributed by atoms with Crippen molar-refractivity contribution in [3.63, 3.8) is 0 Å². The molecule has 3 rings (SSSR count). The maximum absolute atomic E-state index is 6.52. The van der Waals surface area contributed by atoms with Crippen molar-refractivity contribution >= 4 is 44.7 Å². The predicted molar refractivity (Wildman–Crippen MR) is 80.9 cm³/mol. The van der Waals surface area contributed by atoms with Gasteiger partial charge in [-0.05, 0) is 18.1 Å². The molecule has 0 heterocycles. The third-order valence-corrected chi connectivity index (χ3v) is 4.18. The van der Waals surface area contributed by atoms with Crippen LogP contribution in [0.4, 0.5) is 0 Å². The Balaban J connectivity index is 2.54. The zero-order valence-electron chi connectivity index (χ0n) is 10.0. The monoisotopic (exact) mass is 274 g/mol. The number of benzene rings is 3. The van der Waals surface area contributed by atoms with E-state index in [2.05, 4.69) is 25.1 Å². The van der Waals surface area contributed by atoms with E-state index in [1.165, 1.54) is 5.56 Å². The first-order valence-corrected chi connectivity index (χ1v) is 6.76. The van der Waals surface area contributed by atoms with Crippen LogP contribution in [0.2, 0.25) is 10.0 Å². The summed E-state index contributed by atoms with van der Waals surface area (Å²) < 4.78 is 0. The van der Waals surface area contributed by atoms with Gasteiger partial charge in [0.05, 0.1) is 10.0 Å². The first-order valence-electron chi connectivity index (χ1n) is 6.00. The molecule has 0 aliphatic heterocycles. The number of aryl methyl sites for hydroxylation is 1. The third kappa shape index (κ3) is 1.68. The highest BCUT2D eigenvalue weighted by atomic mass is 35.5. The van der Waals surface area contributed by atoms with E-state index in [1.54, 1.807) is 0 Å². The Bertz CT molecular complexity index is 745. The van der Waals surface area contributed by atoms with Crippen molar-refractivity contribution in [3.05, 3.63) is 58.1 Å². The summed E-state index contributed by atoms with van der Waals surface area (Å²) in [5.41, 5.74) is 1.27. The Morgan fingerprint density at radius 2 is 1.33 bits per heavy atom. The molecule has 0 unspecified atom stereocenters. The van der Waals surface area contributed by atoms with Gasteiger partial charge in [-0.1, -0.05) is 66.5 Å². The second-order valence-corrected chi connectivity index (χ2v) is 5.16. The molecule has 18 heavy (non-hydrogen) atoms. The summed E-state index contributed by atoms with van der Waals surface area (Å²) in [6.45, 7) is 2.14. The lowest BCUT2D eigenvalue weighted by Crippen LogP contribution is -1.85. The molecule has 0 aromatic heterocycles. The summed E-state index contributed by atoms with van der Waals surface area (Å²) in [5.74, 6) is 0. The average molecular weight is 275 g/mol. The van der Waals surface area contributed by atoms with Gasteiger partial charge in [0.1, 0.15) is 0 Å². The molecule has 2 heteroatoms. The second kappa shape index (κ2) is 4.46. The van der Waals surface area contributed by atoms with Crippen LogP contribution in [0, 0.1) is 0 Å². The van der Waals surface area contributed by atoms with Gasteiger partial charge in [0.25, 0.3) is 0 Å². The van der Waals surface area contributed by atoms with Crippen LogP contribution in [0.5, 0.6) is 0 Å². The molecule has 0 nitrogen and oxygen atoms in total. The van der Waals surface area contributed by atoms with Crippen molar-refractivity contribution in [1.29, 1.82) is 0 Å². The lowest BCUT2D eigenvalue weighted by molar-refractivity contribution is 1.15. The number of hydrogen-bond donors (Lipinski definition) is 0. The molecule has 3 aromatic rings. The van der Waals surface area contributed by atoms with E-state index in [1.807, 2.05) is 24.3 Å². The lowest BCUT2D eigenvalue weighted by atomic mass is 10.0. The Morgan fingerprint density at radius 3 is 1.94 bits per heavy atom. The molecule has 0 bridgehead atoms. The fourth-order valence-electron chi connectivity index (χ4n) is 2.34. The highest BCUT2D eigenvalue weighted by Gasteiger charge is 2.10. The van der Waals surface area contributed by atoms with Gasteiger partial charge in [-0.3, -0.25) is 0 Å². The zero-order chi connectivity index (χ0) is 12.7. The molecule has 0 aliphatic carbocycles. The van der Waals surface area contributed by atoms with E-state index in [9.17, 15) is 0 Å². The fraction of sp³-hybridized carbons (Fsp3) is 0.125. The van der Waals surface area contributed by atoms with Gasteiger partial charge in [0.2, 0.25) is 0 Å². The summed E-state index contributed by atoms with van der Waals surface area (Å²) in [6, 6.07) is 14.3. The Morgan fingerprint density at radius 1 is 0.778 bits per heavy atom. The number of rotatable bonds is 1. The van der Waals surface area contributed by atoms with Gasteiger partial charge in [0, 0.05) is 21.5 Å². The van der Waals surface area contributed by atoms with Gasteiger partial charge < -0.3 is 0 Å². The van der Waals surface area contributed by atoms with Gasteiger partial charge in [-0.2, -0.15) is 0 Å². The lowest BCUT2D eigenvalue weighted by Gasteiger charge is -2.10. The van der Waals surface area contributed by atoms with Crippen molar-refractivity contribution in [2.45, 2.75) is 13.3 Å². The molecule has 0 radical (unpaired) electrons. The molecule has 0 fully saturated rings. The van der Waals surface area contributed by atoms with Crippen LogP contribution in [0.25, 0.3) is 21.5 Å². The van der Waals surface area contributed by atoms with Crippen LogP contribution in [-0.4, -0.2) is 0 Å². The standard InChI is InChI=1S/C16H12Cl2/c1-2-10-7-8-13-14(9-10)16(18)12-6-4-3-5-11(12)15(13)17/h3-9H,2H2,1H3. The fourth-order valence-corrected chi connectivity index (χ4v) is 2.99. The largest absolute Gasteiger partial charge is 0.0830 e. The first-order chi connectivity index (χ1) is 8.72. The number of halogens is 2. The Labute approximate surface area is 116 Å². The maximum Gasteiger partial charge on any atom is 0.0563 e. The number of fused-ring (bicyclic) bond motifs is 2. The summed E-state index contributed by atoms with van der Waals surface area (Å²) in [4.78, 5) is 0. The molecule has 0 amide bonds. The van der Waals surface area contributed by atoms with Crippen LogP contribution in [-0.2, 0) is 6.42 Å². The third-order valence-electron chi connectivity index (χ3n) is 3.37. The van der Waals surface area contributed by atoms with Crippen LogP contribution in [0.3, 0.4) is 0 Å². The van der Waals surface area contributed by atoms with E-state index >= 15 is 0 Å². The Hall–Kier alpha value is -1.24. The summed E-state index contributed by atoms with van der Waals surface area (Å²) in [5, 5.41) is 5.68. The van der Waals surface area contributed by atoms with E-state index < -0.39 is 0 Å². The SMILES string of the molecule is CCc1ccc2c(Cl)c3ccccc3c(Cl)c2c1. The molecule has 0 spiro atoms. The molecule has 0 saturated heterocycles. The summed E-state index contributed by atoms with van der Waals surface area (Å²) in [6.07, 6.45) is 0.997. The summed E-state index contributed by atoms with van der Waals surface area (Å²) >= 11 is 13.0. The quantitative estimate of drug-likeness (QED) is 0.488. The topological polar surface area (TPSA) is 0 Å². The Kier molecular flexibility index (Phi) is 2.93. The molecule has 0 atom stereocenters. The van der Waals surface area contributed by atoms with Crippen molar-refractivity contribution in [2.24, 2.45) is 0 Å². The van der Waals surface area contributed by atoms with Gasteiger partial charge >= 0.3 is 0 Å². The smallest absolute Gasteiger partial charge is 0.0563 e. The minimum atomic E-state index is 0.785. The van der Waals surface area contributed by atoms with Crippen LogP contribution < -0.4 is 0 Å². The van der Waals surface area contributed by atoms with Crippen molar-refractivity contribution < 1.29 is 0 Å². The second-order valence-electron chi connectivity index (χ2n) is 4.41. The van der Waals surface area contributed by atoms with E-state index in [0.29, 0.717) is 0 Å². The van der Waals surface area contributed by atoms with Crippen molar-refractivity contribution in [3.8, 4) is 0 Å². The average Bonchev–Trinajstić information content (AvgIpc) is 2.44. The van der Waals surface area contributed by atoms with Gasteiger partial charge in [0.15, 0.2) is 0 Å². The van der Waals surface area contributed by atoms with Crippen LogP contribution in [0.15, 0.2) is 42.5 Å². The van der Waals surface area contributed by atoms with Gasteiger partial charge in [-0.15, -0.1) is 0 Å². The van der Waals surface area contributed by atoms with Crippen molar-refractivity contribution in [1.82, 2.24) is 0 Å². The maximum atomic E-state index is 6.52. The zero-order valence-corrected chi connectivity index (χ0v) is 11.5. The molecular weight excluding hydrogens is 263 g/mol. The van der Waals surface area contributed by atoms with Gasteiger partial charge in [-0.25, -0.2) is 0 Å². The molecule has 0 aliphatic rings. The highest BCUT2D eigenvalue weighted by Crippen LogP contribution is 2.39. The van der Waals surface area contributed by atoms with E-state index in [-0.39, 0.29) is 0 Å². The van der Waals surface area contributed by atoms with Crippen LogP contribution >= 0.6 is 23.2 Å². The minimum absolute atomic E-state index is 0.785. The van der Waals surface area contributed by atoms with Crippen LogP contribution in [0.1, 0.15) is 12.5 Å². The predicted octanol–water partition coefficient (Wildman–Crippen LogP) is 5.86. The van der Waals surface area contributed by atoms with E-state index in [4.69, 9.17) is 23.2 Å². The highest BCUT2D eigenvalue weighted by molar-refractivity contribution is 6.47. The number of hydrogen-bond acceptors (Lipinski definition) is 0.